The van der Waals surface area contributed by atoms with E-state index in [-0.39, 0.29) is 11.9 Å². The molecule has 2 aliphatic rings. The summed E-state index contributed by atoms with van der Waals surface area (Å²) in [6, 6.07) is 5.72. The molecule has 1 aromatic carbocycles. The number of hydrogen-bond acceptors (Lipinski definition) is 3. The van der Waals surface area contributed by atoms with E-state index in [4.69, 9.17) is 4.74 Å². The summed E-state index contributed by atoms with van der Waals surface area (Å²) < 4.78 is 6.04. The third-order valence-electron chi connectivity index (χ3n) is 4.12. The minimum Gasteiger partial charge on any atom is -0.490 e. The van der Waals surface area contributed by atoms with Crippen LogP contribution in [0, 0.1) is 0 Å². The van der Waals surface area contributed by atoms with Gasteiger partial charge in [-0.1, -0.05) is 19.4 Å². The fraction of sp³-hybridized carbons (Fsp3) is 0.562. The molecule has 20 heavy (non-hydrogen) atoms. The van der Waals surface area contributed by atoms with Crippen molar-refractivity contribution in [3.63, 3.8) is 0 Å². The molecule has 0 aromatic heterocycles. The van der Waals surface area contributed by atoms with Crippen LogP contribution in [0.4, 0.5) is 5.69 Å². The first kappa shape index (κ1) is 13.4. The van der Waals surface area contributed by atoms with Crippen LogP contribution in [0.15, 0.2) is 18.2 Å². The Kier molecular flexibility index (Phi) is 3.92. The van der Waals surface area contributed by atoms with Gasteiger partial charge < -0.3 is 15.4 Å². The Morgan fingerprint density at radius 2 is 2.10 bits per heavy atom. The van der Waals surface area contributed by atoms with Crippen LogP contribution in [0.1, 0.15) is 50.6 Å². The van der Waals surface area contributed by atoms with E-state index in [1.54, 1.807) is 0 Å². The van der Waals surface area contributed by atoms with Crippen LogP contribution in [0.2, 0.25) is 0 Å². The molecule has 0 spiro atoms. The average molecular weight is 274 g/mol. The molecule has 2 N–H and O–H groups in total. The van der Waals surface area contributed by atoms with Crippen LogP contribution in [0.3, 0.4) is 0 Å². The quantitative estimate of drug-likeness (QED) is 0.887. The van der Waals surface area contributed by atoms with Crippen LogP contribution < -0.4 is 15.4 Å². The standard InChI is InChI=1S/C16H22N2O2/c1-2-17-15-13-9-8-12(10-14(13)18-16(15)19)20-11-6-4-3-5-7-11/h8-11,15,17H,2-7H2,1H3,(H,18,19). The number of rotatable bonds is 4. The first-order chi connectivity index (χ1) is 9.78. The van der Waals surface area contributed by atoms with Crippen LogP contribution in [-0.2, 0) is 4.79 Å². The summed E-state index contributed by atoms with van der Waals surface area (Å²) in [6.45, 7) is 2.78. The molecule has 1 aliphatic carbocycles. The lowest BCUT2D eigenvalue weighted by atomic mass is 9.98. The van der Waals surface area contributed by atoms with Gasteiger partial charge in [-0.25, -0.2) is 0 Å². The second kappa shape index (κ2) is 5.83. The smallest absolute Gasteiger partial charge is 0.246 e. The van der Waals surface area contributed by atoms with Gasteiger partial charge >= 0.3 is 0 Å². The molecular weight excluding hydrogens is 252 g/mol. The highest BCUT2D eigenvalue weighted by Gasteiger charge is 2.30. The summed E-state index contributed by atoms with van der Waals surface area (Å²) in [5.41, 5.74) is 1.90. The molecular formula is C16H22N2O2. The number of carbonyl (C=O) groups excluding carboxylic acids is 1. The van der Waals surface area contributed by atoms with E-state index < -0.39 is 0 Å². The van der Waals surface area contributed by atoms with Gasteiger partial charge in [0, 0.05) is 17.3 Å². The highest BCUT2D eigenvalue weighted by atomic mass is 16.5. The maximum absolute atomic E-state index is 11.9. The molecule has 108 valence electrons. The van der Waals surface area contributed by atoms with E-state index in [1.165, 1.54) is 19.3 Å². The minimum absolute atomic E-state index is 0.0247. The van der Waals surface area contributed by atoms with Crippen molar-refractivity contribution in [3.8, 4) is 5.75 Å². The summed E-state index contributed by atoms with van der Waals surface area (Å²) in [7, 11) is 0. The molecule has 1 saturated carbocycles. The molecule has 1 amide bonds. The monoisotopic (exact) mass is 274 g/mol. The highest BCUT2D eigenvalue weighted by Crippen LogP contribution is 2.34. The Morgan fingerprint density at radius 3 is 2.85 bits per heavy atom. The van der Waals surface area contributed by atoms with Gasteiger partial charge in [-0.05, 0) is 38.3 Å². The highest BCUT2D eigenvalue weighted by molar-refractivity contribution is 6.02. The number of fused-ring (bicyclic) bond motifs is 1. The molecule has 0 radical (unpaired) electrons. The van der Waals surface area contributed by atoms with Gasteiger partial charge in [0.05, 0.1) is 6.10 Å². The van der Waals surface area contributed by atoms with E-state index in [1.807, 2.05) is 25.1 Å². The molecule has 1 atom stereocenters. The van der Waals surface area contributed by atoms with Gasteiger partial charge in [-0.15, -0.1) is 0 Å². The largest absolute Gasteiger partial charge is 0.490 e. The number of anilines is 1. The van der Waals surface area contributed by atoms with Gasteiger partial charge in [0.15, 0.2) is 0 Å². The molecule has 1 aromatic rings. The van der Waals surface area contributed by atoms with Crippen molar-refractivity contribution in [1.29, 1.82) is 0 Å². The van der Waals surface area contributed by atoms with Gasteiger partial charge in [0.2, 0.25) is 5.91 Å². The van der Waals surface area contributed by atoms with E-state index >= 15 is 0 Å². The average Bonchev–Trinajstić information content (AvgIpc) is 2.76. The molecule has 1 heterocycles. The summed E-state index contributed by atoms with van der Waals surface area (Å²) in [5, 5.41) is 6.13. The fourth-order valence-electron chi connectivity index (χ4n) is 3.10. The van der Waals surface area contributed by atoms with E-state index in [0.29, 0.717) is 6.10 Å². The predicted octanol–water partition coefficient (Wildman–Crippen LogP) is 3.00. The zero-order chi connectivity index (χ0) is 13.9. The number of benzene rings is 1. The Bertz CT molecular complexity index is 495. The second-order valence-corrected chi connectivity index (χ2v) is 5.61. The number of hydrogen-bond donors (Lipinski definition) is 2. The Labute approximate surface area is 119 Å². The maximum atomic E-state index is 11.9. The van der Waals surface area contributed by atoms with Crippen LogP contribution >= 0.6 is 0 Å². The van der Waals surface area contributed by atoms with Gasteiger partial charge in [0.1, 0.15) is 11.8 Å². The minimum atomic E-state index is -0.223. The molecule has 4 heteroatoms. The maximum Gasteiger partial charge on any atom is 0.246 e. The lowest BCUT2D eigenvalue weighted by Crippen LogP contribution is -2.27. The van der Waals surface area contributed by atoms with Crippen molar-refractivity contribution in [1.82, 2.24) is 5.32 Å². The molecule has 1 aliphatic heterocycles. The molecule has 1 unspecified atom stereocenters. The van der Waals surface area contributed by atoms with Crippen LogP contribution in [0.5, 0.6) is 5.75 Å². The van der Waals surface area contributed by atoms with Crippen LogP contribution in [0.25, 0.3) is 0 Å². The molecule has 0 bridgehead atoms. The zero-order valence-corrected chi connectivity index (χ0v) is 11.9. The number of likely N-dealkylation sites (N-methyl/N-ethyl adjacent to an activating group) is 1. The normalized spacial score (nSPS) is 22.4. The Hall–Kier alpha value is -1.55. The molecule has 4 nitrogen and oxygen atoms in total. The molecule has 3 rings (SSSR count). The lowest BCUT2D eigenvalue weighted by Gasteiger charge is -2.23. The van der Waals surface area contributed by atoms with Crippen molar-refractivity contribution in [2.75, 3.05) is 11.9 Å². The van der Waals surface area contributed by atoms with Crippen molar-refractivity contribution >= 4 is 11.6 Å². The third kappa shape index (κ3) is 2.66. The Morgan fingerprint density at radius 1 is 1.30 bits per heavy atom. The third-order valence-corrected chi connectivity index (χ3v) is 4.12. The van der Waals surface area contributed by atoms with E-state index in [9.17, 15) is 4.79 Å². The summed E-state index contributed by atoms with van der Waals surface area (Å²) in [4.78, 5) is 11.9. The zero-order valence-electron chi connectivity index (χ0n) is 11.9. The predicted molar refractivity (Wildman–Crippen MR) is 79.0 cm³/mol. The molecule has 0 saturated heterocycles. The van der Waals surface area contributed by atoms with Gasteiger partial charge in [0.25, 0.3) is 0 Å². The lowest BCUT2D eigenvalue weighted by molar-refractivity contribution is -0.117. The van der Waals surface area contributed by atoms with Crippen LogP contribution in [-0.4, -0.2) is 18.6 Å². The number of nitrogens with one attached hydrogen (secondary N) is 2. The van der Waals surface area contributed by atoms with E-state index in [0.717, 1.165) is 36.4 Å². The second-order valence-electron chi connectivity index (χ2n) is 5.61. The SMILES string of the molecule is CCNC1C(=O)Nc2cc(OC3CCCCC3)ccc21. The topological polar surface area (TPSA) is 50.4 Å². The van der Waals surface area contributed by atoms with Gasteiger partial charge in [-0.2, -0.15) is 0 Å². The number of carbonyl (C=O) groups is 1. The Balaban J connectivity index is 1.73. The number of ether oxygens (including phenoxy) is 1. The summed E-state index contributed by atoms with van der Waals surface area (Å²) in [6.07, 6.45) is 6.46. The van der Waals surface area contributed by atoms with E-state index in [2.05, 4.69) is 10.6 Å². The van der Waals surface area contributed by atoms with Crippen molar-refractivity contribution < 1.29 is 9.53 Å². The number of amides is 1. The van der Waals surface area contributed by atoms with Crippen molar-refractivity contribution in [2.45, 2.75) is 51.2 Å². The van der Waals surface area contributed by atoms with Gasteiger partial charge in [-0.3, -0.25) is 4.79 Å². The first-order valence-corrected chi connectivity index (χ1v) is 7.63. The molecule has 1 fully saturated rings. The van der Waals surface area contributed by atoms with Crippen molar-refractivity contribution in [2.24, 2.45) is 0 Å². The van der Waals surface area contributed by atoms with Crippen molar-refractivity contribution in [3.05, 3.63) is 23.8 Å². The fourth-order valence-corrected chi connectivity index (χ4v) is 3.10. The first-order valence-electron chi connectivity index (χ1n) is 7.63. The summed E-state index contributed by atoms with van der Waals surface area (Å²) in [5.74, 6) is 0.893. The summed E-state index contributed by atoms with van der Waals surface area (Å²) >= 11 is 0.